The minimum absolute atomic E-state index is 0.0557. The quantitative estimate of drug-likeness (QED) is 0.818. The molecule has 0 spiro atoms. The van der Waals surface area contributed by atoms with Crippen LogP contribution >= 0.6 is 0 Å². The molecule has 0 aromatic heterocycles. The maximum Gasteiger partial charge on any atom is 0.315 e. The summed E-state index contributed by atoms with van der Waals surface area (Å²) in [6, 6.07) is 5.53. The molecule has 0 saturated carbocycles. The number of nitrogens with one attached hydrogen (secondary N) is 2. The molecule has 0 unspecified atom stereocenters. The first-order valence-corrected chi connectivity index (χ1v) is 8.84. The smallest absolute Gasteiger partial charge is 0.315 e. The van der Waals surface area contributed by atoms with E-state index in [9.17, 15) is 4.79 Å². The second-order valence-corrected chi connectivity index (χ2v) is 6.67. The third kappa shape index (κ3) is 4.35. The molecule has 2 amide bonds. The Morgan fingerprint density at radius 2 is 1.96 bits per heavy atom. The molecule has 2 aliphatic heterocycles. The van der Waals surface area contributed by atoms with Gasteiger partial charge in [0, 0.05) is 31.7 Å². The first-order valence-electron chi connectivity index (χ1n) is 8.84. The van der Waals surface area contributed by atoms with E-state index < -0.39 is 0 Å². The standard InChI is InChI=1S/C18H27N3O4/c1-3-18(2,21-6-8-23-9-7-21)12-20-17(22)19-11-14-4-5-15-16(10-14)25-13-24-15/h4-5,10H,3,6-9,11-13H2,1-2H3,(H2,19,20,22)/t18-/m1/s1. The van der Waals surface area contributed by atoms with Gasteiger partial charge >= 0.3 is 6.03 Å². The monoisotopic (exact) mass is 349 g/mol. The zero-order valence-corrected chi connectivity index (χ0v) is 15.0. The van der Waals surface area contributed by atoms with Crippen LogP contribution in [-0.4, -0.2) is 56.1 Å². The predicted molar refractivity (Wildman–Crippen MR) is 93.9 cm³/mol. The second kappa shape index (κ2) is 7.93. The number of hydrogen-bond acceptors (Lipinski definition) is 5. The average Bonchev–Trinajstić information content (AvgIpc) is 3.13. The van der Waals surface area contributed by atoms with Gasteiger partial charge in [-0.05, 0) is 31.0 Å². The zero-order valence-electron chi connectivity index (χ0n) is 15.0. The van der Waals surface area contributed by atoms with Gasteiger partial charge in [0.25, 0.3) is 0 Å². The number of urea groups is 1. The number of hydrogen-bond donors (Lipinski definition) is 2. The number of morpholine rings is 1. The van der Waals surface area contributed by atoms with Crippen molar-refractivity contribution >= 4 is 6.03 Å². The van der Waals surface area contributed by atoms with E-state index in [4.69, 9.17) is 14.2 Å². The lowest BCUT2D eigenvalue weighted by Crippen LogP contribution is -2.57. The number of amides is 2. The highest BCUT2D eigenvalue weighted by Crippen LogP contribution is 2.32. The molecule has 2 aliphatic rings. The first-order chi connectivity index (χ1) is 12.1. The number of rotatable bonds is 6. The molecule has 1 aromatic carbocycles. The molecular weight excluding hydrogens is 322 g/mol. The highest BCUT2D eigenvalue weighted by molar-refractivity contribution is 5.74. The Morgan fingerprint density at radius 1 is 1.20 bits per heavy atom. The Labute approximate surface area is 148 Å². The number of carbonyl (C=O) groups excluding carboxylic acids is 1. The van der Waals surface area contributed by atoms with Crippen LogP contribution in [0.2, 0.25) is 0 Å². The Balaban J connectivity index is 1.47. The minimum Gasteiger partial charge on any atom is -0.454 e. The molecule has 0 aliphatic carbocycles. The molecule has 0 radical (unpaired) electrons. The maximum atomic E-state index is 12.2. The molecular formula is C18H27N3O4. The molecule has 1 saturated heterocycles. The van der Waals surface area contributed by atoms with Gasteiger partial charge in [0.2, 0.25) is 6.79 Å². The third-order valence-corrected chi connectivity index (χ3v) is 5.06. The summed E-state index contributed by atoms with van der Waals surface area (Å²) in [6.07, 6.45) is 0.968. The van der Waals surface area contributed by atoms with Crippen LogP contribution in [0.5, 0.6) is 11.5 Å². The van der Waals surface area contributed by atoms with Crippen molar-refractivity contribution in [1.82, 2.24) is 15.5 Å². The van der Waals surface area contributed by atoms with Crippen LogP contribution in [-0.2, 0) is 11.3 Å². The van der Waals surface area contributed by atoms with Crippen LogP contribution in [0.1, 0.15) is 25.8 Å². The zero-order chi connectivity index (χ0) is 17.7. The van der Waals surface area contributed by atoms with Gasteiger partial charge < -0.3 is 24.8 Å². The Morgan fingerprint density at radius 3 is 2.72 bits per heavy atom. The van der Waals surface area contributed by atoms with Gasteiger partial charge in [-0.1, -0.05) is 13.0 Å². The van der Waals surface area contributed by atoms with E-state index >= 15 is 0 Å². The molecule has 25 heavy (non-hydrogen) atoms. The van der Waals surface area contributed by atoms with Crippen molar-refractivity contribution in [2.45, 2.75) is 32.4 Å². The van der Waals surface area contributed by atoms with E-state index in [0.29, 0.717) is 13.1 Å². The largest absolute Gasteiger partial charge is 0.454 e. The maximum absolute atomic E-state index is 12.2. The highest BCUT2D eigenvalue weighted by atomic mass is 16.7. The molecule has 1 aromatic rings. The fourth-order valence-corrected chi connectivity index (χ4v) is 3.13. The number of benzene rings is 1. The van der Waals surface area contributed by atoms with Gasteiger partial charge in [0.05, 0.1) is 13.2 Å². The van der Waals surface area contributed by atoms with Crippen LogP contribution in [0, 0.1) is 0 Å². The van der Waals surface area contributed by atoms with Crippen molar-refractivity contribution in [3.63, 3.8) is 0 Å². The SMILES string of the molecule is CC[C@](C)(CNC(=O)NCc1ccc2c(c1)OCO2)N1CCOCC1. The molecule has 2 heterocycles. The van der Waals surface area contributed by atoms with E-state index in [2.05, 4.69) is 29.4 Å². The van der Waals surface area contributed by atoms with Gasteiger partial charge in [-0.25, -0.2) is 4.79 Å². The Hall–Kier alpha value is -1.99. The average molecular weight is 349 g/mol. The summed E-state index contributed by atoms with van der Waals surface area (Å²) in [6.45, 7) is 8.98. The van der Waals surface area contributed by atoms with Gasteiger partial charge in [0.15, 0.2) is 11.5 Å². The van der Waals surface area contributed by atoms with Gasteiger partial charge in [-0.3, -0.25) is 4.90 Å². The van der Waals surface area contributed by atoms with Gasteiger partial charge in [0.1, 0.15) is 0 Å². The summed E-state index contributed by atoms with van der Waals surface area (Å²) < 4.78 is 16.1. The van der Waals surface area contributed by atoms with Crippen LogP contribution in [0.4, 0.5) is 4.79 Å². The van der Waals surface area contributed by atoms with Gasteiger partial charge in [-0.2, -0.15) is 0 Å². The van der Waals surface area contributed by atoms with Crippen LogP contribution in [0.25, 0.3) is 0 Å². The molecule has 7 nitrogen and oxygen atoms in total. The van der Waals surface area contributed by atoms with Crippen molar-refractivity contribution in [2.75, 3.05) is 39.6 Å². The molecule has 138 valence electrons. The molecule has 1 fully saturated rings. The fraction of sp³-hybridized carbons (Fsp3) is 0.611. The molecule has 3 rings (SSSR count). The van der Waals surface area contributed by atoms with Crippen molar-refractivity contribution in [3.8, 4) is 11.5 Å². The minimum atomic E-state index is -0.161. The topological polar surface area (TPSA) is 72.1 Å². The van der Waals surface area contributed by atoms with Crippen molar-refractivity contribution in [3.05, 3.63) is 23.8 Å². The van der Waals surface area contributed by atoms with Crippen LogP contribution in [0.15, 0.2) is 18.2 Å². The van der Waals surface area contributed by atoms with Crippen LogP contribution < -0.4 is 20.1 Å². The summed E-state index contributed by atoms with van der Waals surface area (Å²) in [5.74, 6) is 1.48. The summed E-state index contributed by atoms with van der Waals surface area (Å²) in [4.78, 5) is 14.6. The van der Waals surface area contributed by atoms with E-state index in [1.54, 1.807) is 0 Å². The lowest BCUT2D eigenvalue weighted by Gasteiger charge is -2.43. The van der Waals surface area contributed by atoms with E-state index in [1.165, 1.54) is 0 Å². The lowest BCUT2D eigenvalue weighted by molar-refractivity contribution is -0.0165. The summed E-state index contributed by atoms with van der Waals surface area (Å²) >= 11 is 0. The van der Waals surface area contributed by atoms with E-state index in [-0.39, 0.29) is 18.4 Å². The number of nitrogens with zero attached hydrogens (tertiary/aromatic N) is 1. The normalized spacial score (nSPS) is 19.3. The van der Waals surface area contributed by atoms with Crippen molar-refractivity contribution in [1.29, 1.82) is 0 Å². The molecule has 2 N–H and O–H groups in total. The Bertz CT molecular complexity index is 604. The van der Waals surface area contributed by atoms with Gasteiger partial charge in [-0.15, -0.1) is 0 Å². The van der Waals surface area contributed by atoms with Crippen molar-refractivity contribution in [2.24, 2.45) is 0 Å². The Kier molecular flexibility index (Phi) is 5.65. The molecule has 0 bridgehead atoms. The second-order valence-electron chi connectivity index (χ2n) is 6.67. The number of carbonyl (C=O) groups is 1. The van der Waals surface area contributed by atoms with Crippen LogP contribution in [0.3, 0.4) is 0 Å². The van der Waals surface area contributed by atoms with Crippen molar-refractivity contribution < 1.29 is 19.0 Å². The van der Waals surface area contributed by atoms with E-state index in [0.717, 1.165) is 49.8 Å². The summed E-state index contributed by atoms with van der Waals surface area (Å²) in [7, 11) is 0. The molecule has 7 heteroatoms. The summed E-state index contributed by atoms with van der Waals surface area (Å²) in [5, 5.41) is 5.91. The number of ether oxygens (including phenoxy) is 3. The fourth-order valence-electron chi connectivity index (χ4n) is 3.13. The predicted octanol–water partition coefficient (Wildman–Crippen LogP) is 1.72. The third-order valence-electron chi connectivity index (χ3n) is 5.06. The number of fused-ring (bicyclic) bond motifs is 1. The van der Waals surface area contributed by atoms with E-state index in [1.807, 2.05) is 18.2 Å². The summed E-state index contributed by atoms with van der Waals surface area (Å²) in [5.41, 5.74) is 0.922. The highest BCUT2D eigenvalue weighted by Gasteiger charge is 2.31. The first kappa shape index (κ1) is 17.8. The molecule has 1 atom stereocenters. The lowest BCUT2D eigenvalue weighted by atomic mass is 9.95.